The van der Waals surface area contributed by atoms with E-state index < -0.39 is 0 Å². The molecule has 1 aromatic heterocycles. The Labute approximate surface area is 158 Å². The maximum absolute atomic E-state index is 13.1. The van der Waals surface area contributed by atoms with E-state index in [-0.39, 0.29) is 11.5 Å². The van der Waals surface area contributed by atoms with Crippen molar-refractivity contribution in [3.63, 3.8) is 0 Å². The number of hydrogen-bond acceptors (Lipinski definition) is 3. The molecule has 0 radical (unpaired) electrons. The largest absolute Gasteiger partial charge is 0.335 e. The third-order valence-electron chi connectivity index (χ3n) is 6.27. The topological polar surface area (TPSA) is 61.3 Å². The number of benzene rings is 1. The molecule has 142 valence electrons. The van der Waals surface area contributed by atoms with Crippen LogP contribution in [0.1, 0.15) is 36.2 Å². The molecule has 1 N–H and O–H groups in total. The molecule has 2 atom stereocenters. The molecule has 0 unspecified atom stereocenters. The minimum atomic E-state index is -0.197. The molecule has 6 nitrogen and oxygen atoms in total. The number of nitrogens with one attached hydrogen (secondary N) is 1. The van der Waals surface area contributed by atoms with Crippen LogP contribution < -0.4 is 5.56 Å². The van der Waals surface area contributed by atoms with Gasteiger partial charge in [-0.05, 0) is 49.7 Å². The molecule has 4 aliphatic rings. The lowest BCUT2D eigenvalue weighted by atomic mass is 9.95. The van der Waals surface area contributed by atoms with Gasteiger partial charge in [-0.2, -0.15) is 0 Å². The Balaban J connectivity index is 1.36. The van der Waals surface area contributed by atoms with E-state index in [1.165, 1.54) is 43.0 Å². The van der Waals surface area contributed by atoms with Crippen LogP contribution in [0.2, 0.25) is 0 Å². The van der Waals surface area contributed by atoms with Crippen LogP contribution in [0.25, 0.3) is 5.69 Å². The lowest BCUT2D eigenvalue weighted by Gasteiger charge is -2.36. The summed E-state index contributed by atoms with van der Waals surface area (Å²) in [6, 6.07) is 11.3. The molecular weight excluding hydrogens is 340 g/mol. The first-order valence-electron chi connectivity index (χ1n) is 10.1. The molecule has 3 saturated heterocycles. The van der Waals surface area contributed by atoms with E-state index >= 15 is 0 Å². The molecule has 1 saturated carbocycles. The second kappa shape index (κ2) is 6.68. The van der Waals surface area contributed by atoms with E-state index in [0.29, 0.717) is 17.7 Å². The van der Waals surface area contributed by atoms with Gasteiger partial charge in [0.25, 0.3) is 11.5 Å². The van der Waals surface area contributed by atoms with Gasteiger partial charge in [0, 0.05) is 38.3 Å². The average molecular weight is 366 g/mol. The summed E-state index contributed by atoms with van der Waals surface area (Å²) in [5.74, 6) is 1.38. The molecule has 0 spiro atoms. The Kier molecular flexibility index (Phi) is 4.16. The first kappa shape index (κ1) is 16.8. The average Bonchev–Trinajstić information content (AvgIpc) is 3.47. The lowest BCUT2D eigenvalue weighted by Crippen LogP contribution is -2.45. The molecular formula is C21H26N4O2. The molecule has 27 heavy (non-hydrogen) atoms. The number of piperidine rings is 1. The van der Waals surface area contributed by atoms with Crippen LogP contribution in [0.3, 0.4) is 0 Å². The van der Waals surface area contributed by atoms with Crippen LogP contribution in [0.4, 0.5) is 0 Å². The Morgan fingerprint density at radius 3 is 2.63 bits per heavy atom. The number of fused-ring (bicyclic) bond motifs is 4. The van der Waals surface area contributed by atoms with Crippen molar-refractivity contribution >= 4 is 5.91 Å². The zero-order valence-corrected chi connectivity index (χ0v) is 15.5. The molecule has 2 aromatic rings. The predicted molar refractivity (Wildman–Crippen MR) is 103 cm³/mol. The van der Waals surface area contributed by atoms with Crippen molar-refractivity contribution in [3.8, 4) is 5.69 Å². The molecule has 2 bridgehead atoms. The first-order valence-corrected chi connectivity index (χ1v) is 10.1. The first-order chi connectivity index (χ1) is 13.2. The van der Waals surface area contributed by atoms with Crippen molar-refractivity contribution in [3.05, 3.63) is 52.4 Å². The van der Waals surface area contributed by atoms with Crippen LogP contribution in [0, 0.1) is 11.8 Å². The van der Waals surface area contributed by atoms with Crippen molar-refractivity contribution in [1.82, 2.24) is 19.6 Å². The third kappa shape index (κ3) is 3.34. The summed E-state index contributed by atoms with van der Waals surface area (Å²) in [7, 11) is 0. The highest BCUT2D eigenvalue weighted by Crippen LogP contribution is 2.35. The number of aromatic amines is 1. The predicted octanol–water partition coefficient (Wildman–Crippen LogP) is 2.11. The highest BCUT2D eigenvalue weighted by atomic mass is 16.2. The minimum Gasteiger partial charge on any atom is -0.335 e. The van der Waals surface area contributed by atoms with E-state index in [9.17, 15) is 9.59 Å². The standard InChI is InChI=1S/C21H26N4O2/c26-20-10-19(22-25(20)17-4-2-1-3-5-17)21(27)24-13-16-8-9-18(14-24)23(12-16)11-15-6-7-15/h1-5,10,15-16,18,22H,6-9,11-14H2/t16-,18-/m1/s1. The summed E-state index contributed by atoms with van der Waals surface area (Å²) < 4.78 is 1.44. The quantitative estimate of drug-likeness (QED) is 0.902. The Hall–Kier alpha value is -2.34. The van der Waals surface area contributed by atoms with E-state index in [1.54, 1.807) is 0 Å². The van der Waals surface area contributed by atoms with Gasteiger partial charge in [0.05, 0.1) is 5.69 Å². The van der Waals surface area contributed by atoms with Crippen LogP contribution in [0.5, 0.6) is 0 Å². The van der Waals surface area contributed by atoms with Gasteiger partial charge in [-0.3, -0.25) is 19.6 Å². The van der Waals surface area contributed by atoms with E-state index in [4.69, 9.17) is 0 Å². The number of hydrogen-bond donors (Lipinski definition) is 1. The molecule has 1 amide bonds. The summed E-state index contributed by atoms with van der Waals surface area (Å²) >= 11 is 0. The van der Waals surface area contributed by atoms with Gasteiger partial charge in [-0.15, -0.1) is 0 Å². The maximum atomic E-state index is 13.1. The molecule has 3 aliphatic heterocycles. The van der Waals surface area contributed by atoms with Crippen molar-refractivity contribution < 1.29 is 4.79 Å². The second-order valence-corrected chi connectivity index (χ2v) is 8.38. The smallest absolute Gasteiger partial charge is 0.272 e. The van der Waals surface area contributed by atoms with Gasteiger partial charge in [0.1, 0.15) is 5.69 Å². The fraction of sp³-hybridized carbons (Fsp3) is 0.524. The monoisotopic (exact) mass is 366 g/mol. The zero-order valence-electron chi connectivity index (χ0n) is 15.5. The van der Waals surface area contributed by atoms with Gasteiger partial charge >= 0.3 is 0 Å². The number of aromatic nitrogens is 2. The fourth-order valence-corrected chi connectivity index (χ4v) is 4.65. The maximum Gasteiger partial charge on any atom is 0.272 e. The fourth-order valence-electron chi connectivity index (χ4n) is 4.65. The SMILES string of the molecule is O=C(c1cc(=O)n(-c2ccccc2)[nH]1)N1C[C@@H]2CC[C@H](C1)N(CC1CC1)C2. The molecule has 6 heteroatoms. The van der Waals surface area contributed by atoms with Crippen molar-refractivity contribution in [1.29, 1.82) is 0 Å². The van der Waals surface area contributed by atoms with Crippen LogP contribution >= 0.6 is 0 Å². The molecule has 4 fully saturated rings. The van der Waals surface area contributed by atoms with Crippen LogP contribution in [-0.4, -0.2) is 57.7 Å². The van der Waals surface area contributed by atoms with Gasteiger partial charge in [0.2, 0.25) is 0 Å². The number of rotatable bonds is 4. The number of carbonyl (C=O) groups excluding carboxylic acids is 1. The van der Waals surface area contributed by atoms with Gasteiger partial charge in [-0.25, -0.2) is 4.68 Å². The lowest BCUT2D eigenvalue weighted by molar-refractivity contribution is 0.0730. The normalized spacial score (nSPS) is 25.6. The van der Waals surface area contributed by atoms with E-state index in [0.717, 1.165) is 31.2 Å². The highest BCUT2D eigenvalue weighted by Gasteiger charge is 2.39. The summed E-state index contributed by atoms with van der Waals surface area (Å²) in [6.07, 6.45) is 5.12. The summed E-state index contributed by atoms with van der Waals surface area (Å²) in [6.45, 7) is 3.90. The molecule has 6 rings (SSSR count). The van der Waals surface area contributed by atoms with Gasteiger partial charge < -0.3 is 4.90 Å². The van der Waals surface area contributed by atoms with Gasteiger partial charge in [0.15, 0.2) is 0 Å². The Morgan fingerprint density at radius 1 is 1.04 bits per heavy atom. The zero-order chi connectivity index (χ0) is 18.4. The summed E-state index contributed by atoms with van der Waals surface area (Å²) in [5, 5.41) is 3.02. The number of para-hydroxylation sites is 1. The van der Waals surface area contributed by atoms with Crippen molar-refractivity contribution in [2.24, 2.45) is 11.8 Å². The Bertz CT molecular complexity index is 883. The summed E-state index contributed by atoms with van der Waals surface area (Å²) in [5.41, 5.74) is 0.935. The van der Waals surface area contributed by atoms with Crippen LogP contribution in [-0.2, 0) is 0 Å². The summed E-state index contributed by atoms with van der Waals surface area (Å²) in [4.78, 5) is 30.1. The number of H-pyrrole nitrogens is 1. The minimum absolute atomic E-state index is 0.0491. The third-order valence-corrected chi connectivity index (χ3v) is 6.27. The van der Waals surface area contributed by atoms with E-state index in [1.807, 2.05) is 35.2 Å². The van der Waals surface area contributed by atoms with Gasteiger partial charge in [-0.1, -0.05) is 18.2 Å². The highest BCUT2D eigenvalue weighted by molar-refractivity contribution is 5.92. The molecule has 1 aliphatic carbocycles. The Morgan fingerprint density at radius 2 is 1.85 bits per heavy atom. The number of nitrogens with zero attached hydrogens (tertiary/aromatic N) is 3. The van der Waals surface area contributed by atoms with E-state index in [2.05, 4.69) is 10.00 Å². The second-order valence-electron chi connectivity index (χ2n) is 8.38. The van der Waals surface area contributed by atoms with Crippen molar-refractivity contribution in [2.75, 3.05) is 26.2 Å². The molecule has 4 heterocycles. The number of amides is 1. The number of carbonyl (C=O) groups is 1. The molecule has 1 aromatic carbocycles. The van der Waals surface area contributed by atoms with Crippen LogP contribution in [0.15, 0.2) is 41.2 Å². The van der Waals surface area contributed by atoms with Crippen molar-refractivity contribution in [2.45, 2.75) is 31.7 Å².